The number of nitrogens with zero attached hydrogens (tertiary/aromatic N) is 4. The van der Waals surface area contributed by atoms with Gasteiger partial charge in [0.25, 0.3) is 0 Å². The van der Waals surface area contributed by atoms with Gasteiger partial charge in [-0.3, -0.25) is 9.48 Å². The van der Waals surface area contributed by atoms with Crippen molar-refractivity contribution in [2.45, 2.75) is 38.3 Å². The van der Waals surface area contributed by atoms with E-state index in [1.807, 2.05) is 23.1 Å². The summed E-state index contributed by atoms with van der Waals surface area (Å²) in [5.74, 6) is 0.176. The van der Waals surface area contributed by atoms with E-state index in [1.165, 1.54) is 19.3 Å². The quantitative estimate of drug-likeness (QED) is 0.770. The highest BCUT2D eigenvalue weighted by molar-refractivity contribution is 5.76. The largest absolute Gasteiger partial charge is 0.355 e. The zero-order chi connectivity index (χ0) is 16.3. The maximum absolute atomic E-state index is 12.1. The molecule has 128 valence electrons. The Morgan fingerprint density at radius 3 is 2.91 bits per heavy atom. The fourth-order valence-corrected chi connectivity index (χ4v) is 3.41. The molecule has 2 aliphatic rings. The SMILES string of the molecule is CN1CC[C@H](N(C)CCC(=O)NCC2(Cn3cccn3)CC2)C1. The summed E-state index contributed by atoms with van der Waals surface area (Å²) in [7, 11) is 4.30. The molecule has 2 fully saturated rings. The molecule has 1 aliphatic carbocycles. The third-order valence-electron chi connectivity index (χ3n) is 5.36. The molecule has 1 aromatic rings. The van der Waals surface area contributed by atoms with E-state index < -0.39 is 0 Å². The Labute approximate surface area is 138 Å². The summed E-state index contributed by atoms with van der Waals surface area (Å²) in [6.45, 7) is 4.81. The number of hydrogen-bond acceptors (Lipinski definition) is 4. The number of amides is 1. The van der Waals surface area contributed by atoms with Gasteiger partial charge in [-0.2, -0.15) is 5.10 Å². The van der Waals surface area contributed by atoms with Crippen LogP contribution in [0.25, 0.3) is 0 Å². The van der Waals surface area contributed by atoms with E-state index in [1.54, 1.807) is 0 Å². The van der Waals surface area contributed by atoms with Gasteiger partial charge in [-0.1, -0.05) is 0 Å². The van der Waals surface area contributed by atoms with Gasteiger partial charge >= 0.3 is 0 Å². The second kappa shape index (κ2) is 7.01. The first-order valence-corrected chi connectivity index (χ1v) is 8.69. The summed E-state index contributed by atoms with van der Waals surface area (Å²) in [6.07, 6.45) is 7.97. The molecule has 1 aliphatic heterocycles. The highest BCUT2D eigenvalue weighted by Gasteiger charge is 2.43. The first-order chi connectivity index (χ1) is 11.1. The lowest BCUT2D eigenvalue weighted by atomic mass is 10.1. The molecule has 6 nitrogen and oxygen atoms in total. The van der Waals surface area contributed by atoms with E-state index in [9.17, 15) is 4.79 Å². The van der Waals surface area contributed by atoms with Crippen molar-refractivity contribution >= 4 is 5.91 Å². The predicted molar refractivity (Wildman–Crippen MR) is 90.1 cm³/mol. The molecule has 0 bridgehead atoms. The number of rotatable bonds is 8. The summed E-state index contributed by atoms with van der Waals surface area (Å²) in [5, 5.41) is 7.41. The van der Waals surface area contributed by atoms with Crippen molar-refractivity contribution in [1.29, 1.82) is 0 Å². The molecule has 1 amide bonds. The molecule has 23 heavy (non-hydrogen) atoms. The van der Waals surface area contributed by atoms with Gasteiger partial charge in [0, 0.05) is 56.5 Å². The number of nitrogens with one attached hydrogen (secondary N) is 1. The third kappa shape index (κ3) is 4.54. The van der Waals surface area contributed by atoms with Crippen molar-refractivity contribution in [3.8, 4) is 0 Å². The fraction of sp³-hybridized carbons (Fsp3) is 0.765. The molecule has 3 rings (SSSR count). The van der Waals surface area contributed by atoms with Crippen LogP contribution >= 0.6 is 0 Å². The molecule has 2 heterocycles. The summed E-state index contributed by atoms with van der Waals surface area (Å²) >= 11 is 0. The average molecular weight is 319 g/mol. The van der Waals surface area contributed by atoms with Crippen molar-refractivity contribution < 1.29 is 4.79 Å². The minimum atomic E-state index is 0.176. The zero-order valence-electron chi connectivity index (χ0n) is 14.4. The molecular weight excluding hydrogens is 290 g/mol. The maximum atomic E-state index is 12.1. The van der Waals surface area contributed by atoms with E-state index in [4.69, 9.17) is 0 Å². The van der Waals surface area contributed by atoms with Crippen LogP contribution in [0.1, 0.15) is 25.7 Å². The van der Waals surface area contributed by atoms with Crippen LogP contribution < -0.4 is 5.32 Å². The summed E-state index contributed by atoms with van der Waals surface area (Å²) in [4.78, 5) is 16.8. The minimum Gasteiger partial charge on any atom is -0.355 e. The van der Waals surface area contributed by atoms with E-state index in [0.29, 0.717) is 12.5 Å². The maximum Gasteiger partial charge on any atom is 0.221 e. The lowest BCUT2D eigenvalue weighted by Crippen LogP contribution is -2.38. The molecule has 1 atom stereocenters. The van der Waals surface area contributed by atoms with Crippen molar-refractivity contribution in [1.82, 2.24) is 24.9 Å². The van der Waals surface area contributed by atoms with Gasteiger partial charge in [0.05, 0.1) is 0 Å². The monoisotopic (exact) mass is 319 g/mol. The first kappa shape index (κ1) is 16.5. The molecule has 0 radical (unpaired) electrons. The smallest absolute Gasteiger partial charge is 0.221 e. The van der Waals surface area contributed by atoms with Crippen LogP contribution in [-0.4, -0.2) is 71.8 Å². The van der Waals surface area contributed by atoms with Crippen LogP contribution in [0.4, 0.5) is 0 Å². The topological polar surface area (TPSA) is 53.4 Å². The Morgan fingerprint density at radius 2 is 2.30 bits per heavy atom. The third-order valence-corrected chi connectivity index (χ3v) is 5.36. The van der Waals surface area contributed by atoms with Gasteiger partial charge in [-0.25, -0.2) is 0 Å². The molecule has 1 aromatic heterocycles. The lowest BCUT2D eigenvalue weighted by Gasteiger charge is -2.24. The number of hydrogen-bond donors (Lipinski definition) is 1. The highest BCUT2D eigenvalue weighted by Crippen LogP contribution is 2.46. The predicted octanol–water partition coefficient (Wildman–Crippen LogP) is 0.806. The Balaban J connectivity index is 1.35. The molecule has 0 spiro atoms. The van der Waals surface area contributed by atoms with Crippen LogP contribution in [0.2, 0.25) is 0 Å². The van der Waals surface area contributed by atoms with E-state index in [2.05, 4.69) is 34.3 Å². The van der Waals surface area contributed by atoms with Crippen LogP contribution in [0.5, 0.6) is 0 Å². The zero-order valence-corrected chi connectivity index (χ0v) is 14.4. The van der Waals surface area contributed by atoms with Crippen molar-refractivity contribution in [2.75, 3.05) is 40.3 Å². The second-order valence-electron chi connectivity index (χ2n) is 7.42. The number of carbonyl (C=O) groups excluding carboxylic acids is 1. The van der Waals surface area contributed by atoms with Gasteiger partial charge in [0.2, 0.25) is 5.91 Å². The lowest BCUT2D eigenvalue weighted by molar-refractivity contribution is -0.121. The highest BCUT2D eigenvalue weighted by atomic mass is 16.1. The molecule has 1 saturated carbocycles. The van der Waals surface area contributed by atoms with E-state index in [-0.39, 0.29) is 11.3 Å². The van der Waals surface area contributed by atoms with Gasteiger partial charge in [0.1, 0.15) is 0 Å². The van der Waals surface area contributed by atoms with Crippen LogP contribution in [0, 0.1) is 5.41 Å². The second-order valence-corrected chi connectivity index (χ2v) is 7.42. The molecule has 6 heteroatoms. The summed E-state index contributed by atoms with van der Waals surface area (Å²) in [6, 6.07) is 2.55. The fourth-order valence-electron chi connectivity index (χ4n) is 3.41. The van der Waals surface area contributed by atoms with E-state index >= 15 is 0 Å². The standard InChI is InChI=1S/C17H29N5O/c1-20-10-4-15(12-20)21(2)11-5-16(23)18-13-17(6-7-17)14-22-9-3-8-19-22/h3,8-9,15H,4-7,10-14H2,1-2H3,(H,18,23)/t15-/m0/s1. The first-order valence-electron chi connectivity index (χ1n) is 8.69. The van der Waals surface area contributed by atoms with Gasteiger partial charge < -0.3 is 15.1 Å². The van der Waals surface area contributed by atoms with Crippen molar-refractivity contribution in [3.63, 3.8) is 0 Å². The average Bonchev–Trinajstić information content (AvgIpc) is 2.90. The van der Waals surface area contributed by atoms with Gasteiger partial charge in [0.15, 0.2) is 0 Å². The molecule has 0 unspecified atom stereocenters. The molecule has 1 saturated heterocycles. The van der Waals surface area contributed by atoms with Crippen LogP contribution in [0.15, 0.2) is 18.5 Å². The number of likely N-dealkylation sites (tertiary alicyclic amines) is 1. The Hall–Kier alpha value is -1.40. The van der Waals surface area contributed by atoms with E-state index in [0.717, 1.165) is 32.7 Å². The number of likely N-dealkylation sites (N-methyl/N-ethyl adjacent to an activating group) is 2. The number of aromatic nitrogens is 2. The van der Waals surface area contributed by atoms with Gasteiger partial charge in [-0.15, -0.1) is 0 Å². The van der Waals surface area contributed by atoms with Crippen molar-refractivity contribution in [3.05, 3.63) is 18.5 Å². The Bertz CT molecular complexity index is 511. The Morgan fingerprint density at radius 1 is 1.48 bits per heavy atom. The summed E-state index contributed by atoms with van der Waals surface area (Å²) < 4.78 is 1.98. The Kier molecular flexibility index (Phi) is 5.02. The number of carbonyl (C=O) groups is 1. The van der Waals surface area contributed by atoms with Crippen molar-refractivity contribution in [2.24, 2.45) is 5.41 Å². The van der Waals surface area contributed by atoms with Gasteiger partial charge in [-0.05, 0) is 46.0 Å². The van der Waals surface area contributed by atoms with Crippen LogP contribution in [-0.2, 0) is 11.3 Å². The molecule has 0 aromatic carbocycles. The summed E-state index contributed by atoms with van der Waals surface area (Å²) in [5.41, 5.74) is 0.238. The van der Waals surface area contributed by atoms with Crippen LogP contribution in [0.3, 0.4) is 0 Å². The normalized spacial score (nSPS) is 23.3. The minimum absolute atomic E-state index is 0.176. The molecule has 1 N–H and O–H groups in total. The molecular formula is C17H29N5O.